The van der Waals surface area contributed by atoms with Crippen molar-refractivity contribution in [3.8, 4) is 11.3 Å². The van der Waals surface area contributed by atoms with Gasteiger partial charge in [-0.1, -0.05) is 36.4 Å². The molecule has 0 unspecified atom stereocenters. The summed E-state index contributed by atoms with van der Waals surface area (Å²) in [6, 6.07) is 18.0. The zero-order valence-corrected chi connectivity index (χ0v) is 12.2. The van der Waals surface area contributed by atoms with Gasteiger partial charge in [-0.05, 0) is 46.2 Å². The van der Waals surface area contributed by atoms with Crippen LogP contribution in [0.1, 0.15) is 10.5 Å². The third-order valence-corrected chi connectivity index (χ3v) is 3.72. The Balaban J connectivity index is 2.32. The van der Waals surface area contributed by atoms with E-state index in [1.165, 1.54) is 3.57 Å². The van der Waals surface area contributed by atoms with E-state index in [1.807, 2.05) is 54.6 Å². The van der Waals surface area contributed by atoms with E-state index in [4.69, 9.17) is 0 Å². The van der Waals surface area contributed by atoms with Gasteiger partial charge in [0.2, 0.25) is 0 Å². The Morgan fingerprint density at radius 2 is 1.74 bits per heavy atom. The molecule has 19 heavy (non-hydrogen) atoms. The largest absolute Gasteiger partial charge is 0.296 e. The van der Waals surface area contributed by atoms with Crippen LogP contribution >= 0.6 is 22.6 Å². The number of carbonyl (C=O) groups is 1. The third kappa shape index (κ3) is 2.38. The van der Waals surface area contributed by atoms with E-state index in [2.05, 4.69) is 27.6 Å². The molecular formula is C16H10INO. The summed E-state index contributed by atoms with van der Waals surface area (Å²) in [7, 11) is 0. The number of carbonyl (C=O) groups excluding carboxylic acids is 1. The van der Waals surface area contributed by atoms with Gasteiger partial charge in [0.05, 0.1) is 5.69 Å². The average Bonchev–Trinajstić information content (AvgIpc) is 2.47. The summed E-state index contributed by atoms with van der Waals surface area (Å²) in [5.74, 6) is 0. The number of fused-ring (bicyclic) bond motifs is 1. The lowest BCUT2D eigenvalue weighted by Gasteiger charge is -2.07. The van der Waals surface area contributed by atoms with Crippen molar-refractivity contribution in [2.45, 2.75) is 0 Å². The Kier molecular flexibility index (Phi) is 3.29. The molecule has 2 nitrogen and oxygen atoms in total. The van der Waals surface area contributed by atoms with Crippen LogP contribution in [0, 0.1) is 3.57 Å². The zero-order valence-electron chi connectivity index (χ0n) is 10.0. The highest BCUT2D eigenvalue weighted by molar-refractivity contribution is 14.1. The molecule has 0 N–H and O–H groups in total. The Labute approximate surface area is 124 Å². The molecule has 1 heterocycles. The molecule has 0 atom stereocenters. The van der Waals surface area contributed by atoms with Crippen molar-refractivity contribution in [3.05, 3.63) is 63.9 Å². The van der Waals surface area contributed by atoms with E-state index in [1.54, 1.807) is 0 Å². The van der Waals surface area contributed by atoms with Crippen molar-refractivity contribution in [1.82, 2.24) is 4.98 Å². The maximum absolute atomic E-state index is 11.0. The SMILES string of the molecule is O=Cc1cc2ccccc2c(-c2ccc(I)cc2)n1. The third-order valence-electron chi connectivity index (χ3n) is 3.00. The Hall–Kier alpha value is -1.75. The van der Waals surface area contributed by atoms with Crippen molar-refractivity contribution < 1.29 is 4.79 Å². The molecule has 3 rings (SSSR count). The van der Waals surface area contributed by atoms with Gasteiger partial charge in [0.1, 0.15) is 5.69 Å². The predicted molar refractivity (Wildman–Crippen MR) is 85.3 cm³/mol. The molecule has 0 radical (unpaired) electrons. The lowest BCUT2D eigenvalue weighted by atomic mass is 10.0. The van der Waals surface area contributed by atoms with Crippen LogP contribution in [0.2, 0.25) is 0 Å². The van der Waals surface area contributed by atoms with Crippen LogP contribution in [-0.4, -0.2) is 11.3 Å². The van der Waals surface area contributed by atoms with E-state index < -0.39 is 0 Å². The van der Waals surface area contributed by atoms with Crippen LogP contribution in [0.5, 0.6) is 0 Å². The van der Waals surface area contributed by atoms with E-state index >= 15 is 0 Å². The van der Waals surface area contributed by atoms with Gasteiger partial charge in [-0.25, -0.2) is 4.98 Å². The second-order valence-electron chi connectivity index (χ2n) is 4.24. The number of pyridine rings is 1. The van der Waals surface area contributed by atoms with Gasteiger partial charge in [0.15, 0.2) is 6.29 Å². The minimum atomic E-state index is 0.465. The topological polar surface area (TPSA) is 30.0 Å². The number of halogens is 1. The lowest BCUT2D eigenvalue weighted by Crippen LogP contribution is -1.92. The summed E-state index contributed by atoms with van der Waals surface area (Å²) in [6.45, 7) is 0. The molecule has 2 aromatic carbocycles. The standard InChI is InChI=1S/C16H10INO/c17-13-7-5-11(6-8-13)16-15-4-2-1-3-12(15)9-14(10-19)18-16/h1-10H. The number of nitrogens with zero attached hydrogens (tertiary/aromatic N) is 1. The predicted octanol–water partition coefficient (Wildman–Crippen LogP) is 4.32. The maximum atomic E-state index is 11.0. The lowest BCUT2D eigenvalue weighted by molar-refractivity contribution is 0.111. The van der Waals surface area contributed by atoms with Gasteiger partial charge in [-0.2, -0.15) is 0 Å². The van der Waals surface area contributed by atoms with Crippen LogP contribution in [0.15, 0.2) is 54.6 Å². The molecule has 0 fully saturated rings. The van der Waals surface area contributed by atoms with E-state index in [0.29, 0.717) is 5.69 Å². The molecule has 0 saturated carbocycles. The minimum absolute atomic E-state index is 0.465. The summed E-state index contributed by atoms with van der Waals surface area (Å²) in [4.78, 5) is 15.5. The van der Waals surface area contributed by atoms with Crippen molar-refractivity contribution >= 4 is 39.6 Å². The van der Waals surface area contributed by atoms with E-state index in [0.717, 1.165) is 28.3 Å². The first-order valence-corrected chi connectivity index (χ1v) is 6.97. The van der Waals surface area contributed by atoms with Gasteiger partial charge in [0, 0.05) is 14.5 Å². The Morgan fingerprint density at radius 1 is 1.00 bits per heavy atom. The van der Waals surface area contributed by atoms with Crippen LogP contribution in [0.4, 0.5) is 0 Å². The molecular weight excluding hydrogens is 349 g/mol. The van der Waals surface area contributed by atoms with Gasteiger partial charge in [0.25, 0.3) is 0 Å². The highest BCUT2D eigenvalue weighted by Crippen LogP contribution is 2.27. The van der Waals surface area contributed by atoms with Crippen molar-refractivity contribution in [2.75, 3.05) is 0 Å². The number of aromatic nitrogens is 1. The number of benzene rings is 2. The first-order valence-electron chi connectivity index (χ1n) is 5.89. The Morgan fingerprint density at radius 3 is 2.47 bits per heavy atom. The number of aldehydes is 1. The molecule has 0 aliphatic carbocycles. The smallest absolute Gasteiger partial charge is 0.168 e. The summed E-state index contributed by atoms with van der Waals surface area (Å²) < 4.78 is 1.18. The van der Waals surface area contributed by atoms with Crippen molar-refractivity contribution in [3.63, 3.8) is 0 Å². The van der Waals surface area contributed by atoms with Gasteiger partial charge in [-0.15, -0.1) is 0 Å². The summed E-state index contributed by atoms with van der Waals surface area (Å²) in [5.41, 5.74) is 2.35. The van der Waals surface area contributed by atoms with Crippen LogP contribution < -0.4 is 0 Å². The molecule has 0 aliphatic heterocycles. The fraction of sp³-hybridized carbons (Fsp3) is 0. The van der Waals surface area contributed by atoms with Gasteiger partial charge < -0.3 is 0 Å². The van der Waals surface area contributed by atoms with E-state index in [9.17, 15) is 4.79 Å². The summed E-state index contributed by atoms with van der Waals surface area (Å²) in [5, 5.41) is 2.10. The highest BCUT2D eigenvalue weighted by atomic mass is 127. The van der Waals surface area contributed by atoms with E-state index in [-0.39, 0.29) is 0 Å². The summed E-state index contributed by atoms with van der Waals surface area (Å²) in [6.07, 6.45) is 0.794. The molecule has 1 aromatic heterocycles. The van der Waals surface area contributed by atoms with Gasteiger partial charge >= 0.3 is 0 Å². The van der Waals surface area contributed by atoms with Crippen LogP contribution in [-0.2, 0) is 0 Å². The number of hydrogen-bond acceptors (Lipinski definition) is 2. The molecule has 0 saturated heterocycles. The first kappa shape index (κ1) is 12.3. The first-order chi connectivity index (χ1) is 9.28. The van der Waals surface area contributed by atoms with Crippen molar-refractivity contribution in [2.24, 2.45) is 0 Å². The molecule has 92 valence electrons. The fourth-order valence-electron chi connectivity index (χ4n) is 2.11. The van der Waals surface area contributed by atoms with Crippen molar-refractivity contribution in [1.29, 1.82) is 0 Å². The summed E-state index contributed by atoms with van der Waals surface area (Å²) >= 11 is 2.27. The Bertz CT molecular complexity index is 750. The molecule has 3 aromatic rings. The highest BCUT2D eigenvalue weighted by Gasteiger charge is 2.07. The quantitative estimate of drug-likeness (QED) is 0.504. The monoisotopic (exact) mass is 359 g/mol. The van der Waals surface area contributed by atoms with Crippen LogP contribution in [0.25, 0.3) is 22.0 Å². The zero-order chi connectivity index (χ0) is 13.2. The number of rotatable bonds is 2. The average molecular weight is 359 g/mol. The molecule has 0 bridgehead atoms. The van der Waals surface area contributed by atoms with Crippen LogP contribution in [0.3, 0.4) is 0 Å². The molecule has 0 spiro atoms. The normalized spacial score (nSPS) is 10.6. The molecule has 0 amide bonds. The maximum Gasteiger partial charge on any atom is 0.168 e. The van der Waals surface area contributed by atoms with Gasteiger partial charge in [-0.3, -0.25) is 4.79 Å². The second-order valence-corrected chi connectivity index (χ2v) is 5.49. The fourth-order valence-corrected chi connectivity index (χ4v) is 2.47. The second kappa shape index (κ2) is 5.09. The molecule has 3 heteroatoms. The molecule has 0 aliphatic rings. The minimum Gasteiger partial charge on any atom is -0.296 e. The number of hydrogen-bond donors (Lipinski definition) is 0.